The van der Waals surface area contributed by atoms with E-state index in [4.69, 9.17) is 0 Å². The average molecular weight is 327 g/mol. The molecule has 2 rings (SSSR count). The first-order valence-corrected chi connectivity index (χ1v) is 7.20. The van der Waals surface area contributed by atoms with Crippen LogP contribution >= 0.6 is 15.9 Å². The Labute approximate surface area is 122 Å². The van der Waals surface area contributed by atoms with Crippen molar-refractivity contribution in [2.45, 2.75) is 6.92 Å². The summed E-state index contributed by atoms with van der Waals surface area (Å²) in [4.78, 5) is 20.4. The molecule has 5 nitrogen and oxygen atoms in total. The Hall–Kier alpha value is -1.14. The summed E-state index contributed by atoms with van der Waals surface area (Å²) in [7, 11) is 1.90. The van der Waals surface area contributed by atoms with E-state index in [0.717, 1.165) is 42.2 Å². The molecule has 1 amide bonds. The van der Waals surface area contributed by atoms with Gasteiger partial charge < -0.3 is 15.1 Å². The number of carbonyl (C=O) groups is 1. The first-order chi connectivity index (χ1) is 9.08. The SMILES string of the molecule is Cc1nc(N(C)CC(=O)N2CCNCC2)ccc1Br. The Morgan fingerprint density at radius 1 is 1.47 bits per heavy atom. The minimum atomic E-state index is 0.159. The molecule has 0 spiro atoms. The largest absolute Gasteiger partial charge is 0.350 e. The van der Waals surface area contributed by atoms with E-state index in [9.17, 15) is 4.79 Å². The molecule has 1 saturated heterocycles. The Morgan fingerprint density at radius 3 is 2.79 bits per heavy atom. The van der Waals surface area contributed by atoms with E-state index in [2.05, 4.69) is 26.2 Å². The normalized spacial score (nSPS) is 15.4. The minimum Gasteiger partial charge on any atom is -0.350 e. The van der Waals surface area contributed by atoms with Crippen LogP contribution in [0.5, 0.6) is 0 Å². The highest BCUT2D eigenvalue weighted by Crippen LogP contribution is 2.18. The van der Waals surface area contributed by atoms with Crippen molar-refractivity contribution in [3.8, 4) is 0 Å². The van der Waals surface area contributed by atoms with Crippen molar-refractivity contribution in [1.29, 1.82) is 0 Å². The zero-order chi connectivity index (χ0) is 13.8. The van der Waals surface area contributed by atoms with E-state index in [0.29, 0.717) is 6.54 Å². The van der Waals surface area contributed by atoms with Gasteiger partial charge in [-0.25, -0.2) is 4.98 Å². The van der Waals surface area contributed by atoms with Gasteiger partial charge in [0, 0.05) is 37.7 Å². The highest BCUT2D eigenvalue weighted by molar-refractivity contribution is 9.10. The Balaban J connectivity index is 1.97. The second kappa shape index (κ2) is 6.34. The second-order valence-electron chi connectivity index (χ2n) is 4.72. The Kier molecular flexibility index (Phi) is 4.76. The summed E-state index contributed by atoms with van der Waals surface area (Å²) in [5.74, 6) is 0.982. The van der Waals surface area contributed by atoms with E-state index >= 15 is 0 Å². The highest BCUT2D eigenvalue weighted by Gasteiger charge is 2.18. The van der Waals surface area contributed by atoms with Gasteiger partial charge in [-0.3, -0.25) is 4.79 Å². The molecule has 0 bridgehead atoms. The molecular formula is C13H19BrN4O. The third-order valence-electron chi connectivity index (χ3n) is 3.24. The van der Waals surface area contributed by atoms with Gasteiger partial charge in [0.05, 0.1) is 12.2 Å². The molecule has 0 unspecified atom stereocenters. The molecule has 0 atom stereocenters. The Bertz CT molecular complexity index is 460. The molecule has 1 aromatic rings. The maximum atomic E-state index is 12.2. The van der Waals surface area contributed by atoms with E-state index < -0.39 is 0 Å². The number of anilines is 1. The maximum absolute atomic E-state index is 12.2. The van der Waals surface area contributed by atoms with E-state index in [1.54, 1.807) is 0 Å². The number of piperazine rings is 1. The van der Waals surface area contributed by atoms with Crippen LogP contribution in [-0.2, 0) is 4.79 Å². The number of carbonyl (C=O) groups excluding carboxylic acids is 1. The van der Waals surface area contributed by atoms with Gasteiger partial charge in [-0.1, -0.05) is 0 Å². The molecular weight excluding hydrogens is 308 g/mol. The van der Waals surface area contributed by atoms with Gasteiger partial charge in [-0.2, -0.15) is 0 Å². The quantitative estimate of drug-likeness (QED) is 0.901. The predicted octanol–water partition coefficient (Wildman–Crippen LogP) is 1.02. The van der Waals surface area contributed by atoms with Crippen LogP contribution in [0.2, 0.25) is 0 Å². The van der Waals surface area contributed by atoms with Crippen molar-refractivity contribution >= 4 is 27.7 Å². The van der Waals surface area contributed by atoms with Crippen LogP contribution in [0.1, 0.15) is 5.69 Å². The third kappa shape index (κ3) is 3.67. The lowest BCUT2D eigenvalue weighted by Gasteiger charge is -2.29. The first kappa shape index (κ1) is 14.3. The zero-order valence-electron chi connectivity index (χ0n) is 11.3. The lowest BCUT2D eigenvalue weighted by molar-refractivity contribution is -0.130. The molecule has 19 heavy (non-hydrogen) atoms. The molecule has 2 heterocycles. The molecule has 1 fully saturated rings. The molecule has 0 aliphatic carbocycles. The fraction of sp³-hybridized carbons (Fsp3) is 0.538. The van der Waals surface area contributed by atoms with Gasteiger partial charge in [0.15, 0.2) is 0 Å². The molecule has 1 aliphatic rings. The number of amides is 1. The van der Waals surface area contributed by atoms with Crippen molar-refractivity contribution in [2.75, 3.05) is 44.7 Å². The fourth-order valence-corrected chi connectivity index (χ4v) is 2.26. The van der Waals surface area contributed by atoms with Crippen LogP contribution < -0.4 is 10.2 Å². The number of likely N-dealkylation sites (N-methyl/N-ethyl adjacent to an activating group) is 1. The number of nitrogens with one attached hydrogen (secondary N) is 1. The number of aryl methyl sites for hydroxylation is 1. The van der Waals surface area contributed by atoms with E-state index in [1.165, 1.54) is 0 Å². The molecule has 1 aromatic heterocycles. The topological polar surface area (TPSA) is 48.5 Å². The van der Waals surface area contributed by atoms with Crippen LogP contribution in [0.3, 0.4) is 0 Å². The predicted molar refractivity (Wildman–Crippen MR) is 79.4 cm³/mol. The summed E-state index contributed by atoms with van der Waals surface area (Å²) in [5, 5.41) is 3.24. The van der Waals surface area contributed by atoms with Gasteiger partial charge in [0.1, 0.15) is 5.82 Å². The van der Waals surface area contributed by atoms with Crippen molar-refractivity contribution in [3.05, 3.63) is 22.3 Å². The highest BCUT2D eigenvalue weighted by atomic mass is 79.9. The number of rotatable bonds is 3. The van der Waals surface area contributed by atoms with E-state index in [1.807, 2.05) is 35.9 Å². The summed E-state index contributed by atoms with van der Waals surface area (Å²) in [6.45, 7) is 5.66. The number of hydrogen-bond donors (Lipinski definition) is 1. The lowest BCUT2D eigenvalue weighted by Crippen LogP contribution is -2.49. The Morgan fingerprint density at radius 2 is 2.16 bits per heavy atom. The number of nitrogens with zero attached hydrogens (tertiary/aromatic N) is 3. The molecule has 0 aromatic carbocycles. The summed E-state index contributed by atoms with van der Waals surface area (Å²) >= 11 is 3.43. The van der Waals surface area contributed by atoms with E-state index in [-0.39, 0.29) is 5.91 Å². The van der Waals surface area contributed by atoms with Gasteiger partial charge in [-0.05, 0) is 35.0 Å². The van der Waals surface area contributed by atoms with Crippen LogP contribution in [0.15, 0.2) is 16.6 Å². The van der Waals surface area contributed by atoms with Gasteiger partial charge in [-0.15, -0.1) is 0 Å². The van der Waals surface area contributed by atoms with Gasteiger partial charge in [0.2, 0.25) is 5.91 Å². The van der Waals surface area contributed by atoms with Crippen LogP contribution in [0.4, 0.5) is 5.82 Å². The summed E-state index contributed by atoms with van der Waals surface area (Å²) in [5.41, 5.74) is 0.930. The molecule has 0 radical (unpaired) electrons. The summed E-state index contributed by atoms with van der Waals surface area (Å²) < 4.78 is 0.984. The molecule has 104 valence electrons. The average Bonchev–Trinajstić information content (AvgIpc) is 2.42. The van der Waals surface area contributed by atoms with Gasteiger partial charge in [0.25, 0.3) is 0 Å². The van der Waals surface area contributed by atoms with Crippen molar-refractivity contribution in [2.24, 2.45) is 0 Å². The number of halogens is 1. The lowest BCUT2D eigenvalue weighted by atomic mass is 10.3. The van der Waals surface area contributed by atoms with Crippen LogP contribution in [0, 0.1) is 6.92 Å². The fourth-order valence-electron chi connectivity index (χ4n) is 2.04. The molecule has 1 aliphatic heterocycles. The number of aromatic nitrogens is 1. The monoisotopic (exact) mass is 326 g/mol. The maximum Gasteiger partial charge on any atom is 0.242 e. The number of pyridine rings is 1. The van der Waals surface area contributed by atoms with Crippen molar-refractivity contribution in [1.82, 2.24) is 15.2 Å². The van der Waals surface area contributed by atoms with Crippen molar-refractivity contribution < 1.29 is 4.79 Å². The third-order valence-corrected chi connectivity index (χ3v) is 4.08. The molecule has 0 saturated carbocycles. The molecule has 1 N–H and O–H groups in total. The molecule has 6 heteroatoms. The second-order valence-corrected chi connectivity index (χ2v) is 5.58. The summed E-state index contributed by atoms with van der Waals surface area (Å²) in [6.07, 6.45) is 0. The summed E-state index contributed by atoms with van der Waals surface area (Å²) in [6, 6.07) is 3.88. The van der Waals surface area contributed by atoms with Crippen molar-refractivity contribution in [3.63, 3.8) is 0 Å². The minimum absolute atomic E-state index is 0.159. The van der Waals surface area contributed by atoms with Crippen LogP contribution in [-0.4, -0.2) is 55.6 Å². The smallest absolute Gasteiger partial charge is 0.242 e. The standard InChI is InChI=1S/C13H19BrN4O/c1-10-11(14)3-4-12(16-10)17(2)9-13(19)18-7-5-15-6-8-18/h3-4,15H,5-9H2,1-2H3. The first-order valence-electron chi connectivity index (χ1n) is 6.40. The van der Waals surface area contributed by atoms with Crippen LogP contribution in [0.25, 0.3) is 0 Å². The van der Waals surface area contributed by atoms with Gasteiger partial charge >= 0.3 is 0 Å². The zero-order valence-corrected chi connectivity index (χ0v) is 12.9. The number of hydrogen-bond acceptors (Lipinski definition) is 4.